The summed E-state index contributed by atoms with van der Waals surface area (Å²) in [5.41, 5.74) is 1.10. The third-order valence-corrected chi connectivity index (χ3v) is 4.63. The van der Waals surface area contributed by atoms with Crippen molar-refractivity contribution in [2.24, 2.45) is 5.41 Å². The maximum Gasteiger partial charge on any atom is 0.234 e. The average molecular weight is 305 g/mol. The molecule has 1 aromatic heterocycles. The number of carbonyl (C=O) groups excluding carboxylic acids is 1. The lowest BCUT2D eigenvalue weighted by atomic mass is 9.64. The number of ether oxygens (including phenoxy) is 1. The highest BCUT2D eigenvalue weighted by Gasteiger charge is 2.50. The van der Waals surface area contributed by atoms with Gasteiger partial charge in [0.15, 0.2) is 0 Å². The van der Waals surface area contributed by atoms with Gasteiger partial charge in [-0.15, -0.1) is 0 Å². The predicted molar refractivity (Wildman–Crippen MR) is 86.3 cm³/mol. The summed E-state index contributed by atoms with van der Waals surface area (Å²) in [6.07, 6.45) is 4.79. The predicted octanol–water partition coefficient (Wildman–Crippen LogP) is 1.83. The molecular weight excluding hydrogens is 278 g/mol. The van der Waals surface area contributed by atoms with Crippen LogP contribution in [0, 0.1) is 5.41 Å². The molecule has 1 heterocycles. The molecule has 0 bridgehead atoms. The summed E-state index contributed by atoms with van der Waals surface area (Å²) >= 11 is 0. The van der Waals surface area contributed by atoms with Crippen LogP contribution in [0.5, 0.6) is 0 Å². The highest BCUT2D eigenvalue weighted by molar-refractivity contribution is 5.78. The number of rotatable bonds is 7. The molecule has 122 valence electrons. The molecule has 0 radical (unpaired) electrons. The zero-order chi connectivity index (χ0) is 16.2. The first-order valence-electron chi connectivity index (χ1n) is 7.92. The highest BCUT2D eigenvalue weighted by atomic mass is 16.5. The van der Waals surface area contributed by atoms with Crippen molar-refractivity contribution in [1.82, 2.24) is 15.2 Å². The number of nitrogens with one attached hydrogen (secondary N) is 1. The molecule has 1 amide bonds. The van der Waals surface area contributed by atoms with Gasteiger partial charge in [0.05, 0.1) is 12.6 Å². The first kappa shape index (κ1) is 16.9. The molecule has 1 aliphatic carbocycles. The lowest BCUT2D eigenvalue weighted by molar-refractivity contribution is -0.150. The Kier molecular flexibility index (Phi) is 5.53. The molecule has 22 heavy (non-hydrogen) atoms. The van der Waals surface area contributed by atoms with Crippen LogP contribution in [0.3, 0.4) is 0 Å². The summed E-state index contributed by atoms with van der Waals surface area (Å²) in [5.74, 6) is 0.0435. The maximum atomic E-state index is 12.1. The first-order valence-corrected chi connectivity index (χ1v) is 7.92. The van der Waals surface area contributed by atoms with E-state index in [1.807, 2.05) is 26.1 Å². The van der Waals surface area contributed by atoms with E-state index < -0.39 is 0 Å². The fraction of sp³-hybridized carbons (Fsp3) is 0.647. The van der Waals surface area contributed by atoms with Crippen molar-refractivity contribution in [2.45, 2.75) is 45.9 Å². The average Bonchev–Trinajstić information content (AvgIpc) is 2.50. The van der Waals surface area contributed by atoms with Crippen molar-refractivity contribution >= 4 is 5.91 Å². The Bertz CT molecular complexity index is 490. The molecule has 0 aromatic carbocycles. The molecule has 2 atom stereocenters. The molecule has 0 unspecified atom stereocenters. The van der Waals surface area contributed by atoms with Crippen LogP contribution in [0.2, 0.25) is 0 Å². The van der Waals surface area contributed by atoms with Gasteiger partial charge in [-0.1, -0.05) is 19.9 Å². The molecule has 5 heteroatoms. The molecule has 0 saturated heterocycles. The largest absolute Gasteiger partial charge is 0.378 e. The zero-order valence-corrected chi connectivity index (χ0v) is 14.0. The van der Waals surface area contributed by atoms with Gasteiger partial charge in [0, 0.05) is 37.0 Å². The van der Waals surface area contributed by atoms with Crippen LogP contribution in [-0.4, -0.2) is 48.1 Å². The minimum absolute atomic E-state index is 0.0435. The van der Waals surface area contributed by atoms with Crippen molar-refractivity contribution < 1.29 is 9.53 Å². The van der Waals surface area contributed by atoms with E-state index in [1.54, 1.807) is 12.4 Å². The van der Waals surface area contributed by atoms with Gasteiger partial charge in [0.1, 0.15) is 0 Å². The quantitative estimate of drug-likeness (QED) is 0.835. The smallest absolute Gasteiger partial charge is 0.234 e. The Hall–Kier alpha value is -1.46. The third kappa shape index (κ3) is 3.84. The number of carbonyl (C=O) groups is 1. The Morgan fingerprint density at radius 1 is 1.55 bits per heavy atom. The van der Waals surface area contributed by atoms with Crippen LogP contribution >= 0.6 is 0 Å². The first-order chi connectivity index (χ1) is 10.4. The number of hydrogen-bond donors (Lipinski definition) is 1. The number of likely N-dealkylation sites (N-methyl/N-ethyl adjacent to an activating group) is 1. The molecule has 1 fully saturated rings. The van der Waals surface area contributed by atoms with Gasteiger partial charge in [-0.25, -0.2) is 0 Å². The molecule has 2 rings (SSSR count). The van der Waals surface area contributed by atoms with Gasteiger partial charge in [0.2, 0.25) is 5.91 Å². The van der Waals surface area contributed by atoms with E-state index in [4.69, 9.17) is 4.74 Å². The minimum Gasteiger partial charge on any atom is -0.378 e. The second-order valence-electron chi connectivity index (χ2n) is 6.57. The molecule has 1 aliphatic rings. The van der Waals surface area contributed by atoms with Crippen LogP contribution in [0.4, 0.5) is 0 Å². The van der Waals surface area contributed by atoms with Gasteiger partial charge in [0.25, 0.3) is 0 Å². The number of nitrogens with zero attached hydrogens (tertiary/aromatic N) is 2. The lowest BCUT2D eigenvalue weighted by Gasteiger charge is -2.54. The van der Waals surface area contributed by atoms with Gasteiger partial charge in [-0.2, -0.15) is 0 Å². The third-order valence-electron chi connectivity index (χ3n) is 4.63. The summed E-state index contributed by atoms with van der Waals surface area (Å²) in [6, 6.07) is 4.21. The van der Waals surface area contributed by atoms with E-state index in [-0.39, 0.29) is 11.3 Å². The van der Waals surface area contributed by atoms with E-state index in [1.165, 1.54) is 0 Å². The minimum atomic E-state index is 0.0435. The monoisotopic (exact) mass is 305 g/mol. The molecule has 1 saturated carbocycles. The summed E-state index contributed by atoms with van der Waals surface area (Å²) in [6.45, 7) is 8.13. The normalized spacial score (nSPS) is 23.1. The van der Waals surface area contributed by atoms with Gasteiger partial charge >= 0.3 is 0 Å². The second kappa shape index (κ2) is 7.20. The van der Waals surface area contributed by atoms with Crippen molar-refractivity contribution in [3.8, 4) is 0 Å². The molecule has 1 aromatic rings. The Balaban J connectivity index is 1.77. The number of aromatic nitrogens is 1. The Morgan fingerprint density at radius 3 is 2.91 bits per heavy atom. The summed E-state index contributed by atoms with van der Waals surface area (Å²) in [7, 11) is 2.01. The lowest BCUT2D eigenvalue weighted by Crippen LogP contribution is -2.62. The number of pyridine rings is 1. The summed E-state index contributed by atoms with van der Waals surface area (Å²) < 4.78 is 5.75. The van der Waals surface area contributed by atoms with Gasteiger partial charge in [-0.05, 0) is 32.0 Å². The molecule has 0 spiro atoms. The standard InChI is InChI=1S/C17H27N3O2/c1-5-22-15-9-14(17(15,2)3)20(4)12-16(21)19-11-13-7-6-8-18-10-13/h6-8,10,14-15H,5,9,11-12H2,1-4H3,(H,19,21)/t14-,15-/m0/s1. The maximum absolute atomic E-state index is 12.1. The SMILES string of the molecule is CCO[C@H]1C[C@H](N(C)CC(=O)NCc2cccnc2)C1(C)C. The van der Waals surface area contributed by atoms with E-state index in [0.29, 0.717) is 25.2 Å². The summed E-state index contributed by atoms with van der Waals surface area (Å²) in [4.78, 5) is 18.3. The molecular formula is C17H27N3O2. The second-order valence-corrected chi connectivity index (χ2v) is 6.57. The van der Waals surface area contributed by atoms with Crippen LogP contribution in [0.25, 0.3) is 0 Å². The van der Waals surface area contributed by atoms with Crippen LogP contribution in [0.15, 0.2) is 24.5 Å². The number of hydrogen-bond acceptors (Lipinski definition) is 4. The van der Waals surface area contributed by atoms with Crippen LogP contribution in [-0.2, 0) is 16.1 Å². The molecule has 0 aliphatic heterocycles. The van der Waals surface area contributed by atoms with Crippen LogP contribution in [0.1, 0.15) is 32.8 Å². The van der Waals surface area contributed by atoms with E-state index in [2.05, 4.69) is 29.0 Å². The summed E-state index contributed by atoms with van der Waals surface area (Å²) in [5, 5.41) is 2.94. The van der Waals surface area contributed by atoms with Crippen molar-refractivity contribution in [3.63, 3.8) is 0 Å². The van der Waals surface area contributed by atoms with E-state index in [0.717, 1.165) is 18.6 Å². The van der Waals surface area contributed by atoms with Crippen LogP contribution < -0.4 is 5.32 Å². The zero-order valence-electron chi connectivity index (χ0n) is 14.0. The number of amides is 1. The van der Waals surface area contributed by atoms with Crippen molar-refractivity contribution in [2.75, 3.05) is 20.2 Å². The molecule has 5 nitrogen and oxygen atoms in total. The van der Waals surface area contributed by atoms with E-state index in [9.17, 15) is 4.79 Å². The highest BCUT2D eigenvalue weighted by Crippen LogP contribution is 2.45. The van der Waals surface area contributed by atoms with Gasteiger partial charge < -0.3 is 10.1 Å². The van der Waals surface area contributed by atoms with Crippen molar-refractivity contribution in [3.05, 3.63) is 30.1 Å². The van der Waals surface area contributed by atoms with E-state index >= 15 is 0 Å². The fourth-order valence-electron chi connectivity index (χ4n) is 3.19. The Morgan fingerprint density at radius 2 is 2.32 bits per heavy atom. The van der Waals surface area contributed by atoms with Gasteiger partial charge in [-0.3, -0.25) is 14.7 Å². The fourth-order valence-corrected chi connectivity index (χ4v) is 3.19. The topological polar surface area (TPSA) is 54.5 Å². The molecule has 1 N–H and O–H groups in total. The Labute approximate surface area is 133 Å². The van der Waals surface area contributed by atoms with Crippen molar-refractivity contribution in [1.29, 1.82) is 0 Å².